The van der Waals surface area contributed by atoms with E-state index in [2.05, 4.69) is 41.4 Å². The van der Waals surface area contributed by atoms with Gasteiger partial charge in [0.1, 0.15) is 0 Å². The zero-order valence-corrected chi connectivity index (χ0v) is 12.9. The SMILES string of the molecule is CCOCCCNC(=S)N(C)Cc1ccc(C)cc1. The van der Waals surface area contributed by atoms with E-state index < -0.39 is 0 Å². The highest BCUT2D eigenvalue weighted by Gasteiger charge is 2.04. The molecular formula is C15H24N2OS. The van der Waals surface area contributed by atoms with Crippen LogP contribution < -0.4 is 5.32 Å². The summed E-state index contributed by atoms with van der Waals surface area (Å²) < 4.78 is 5.29. The second-order valence-electron chi connectivity index (χ2n) is 4.62. The van der Waals surface area contributed by atoms with E-state index in [1.807, 2.05) is 14.0 Å². The summed E-state index contributed by atoms with van der Waals surface area (Å²) in [5.41, 5.74) is 2.55. The Morgan fingerprint density at radius 3 is 2.63 bits per heavy atom. The molecule has 1 N–H and O–H groups in total. The summed E-state index contributed by atoms with van der Waals surface area (Å²) in [5.74, 6) is 0. The van der Waals surface area contributed by atoms with E-state index >= 15 is 0 Å². The monoisotopic (exact) mass is 280 g/mol. The smallest absolute Gasteiger partial charge is 0.168 e. The molecule has 1 rings (SSSR count). The van der Waals surface area contributed by atoms with E-state index in [1.165, 1.54) is 11.1 Å². The second kappa shape index (κ2) is 8.88. The van der Waals surface area contributed by atoms with Crippen LogP contribution in [0.2, 0.25) is 0 Å². The number of hydrogen-bond acceptors (Lipinski definition) is 2. The largest absolute Gasteiger partial charge is 0.382 e. The Morgan fingerprint density at radius 1 is 1.32 bits per heavy atom. The standard InChI is InChI=1S/C15H24N2OS/c1-4-18-11-5-10-16-15(19)17(3)12-14-8-6-13(2)7-9-14/h6-9H,4-5,10-12H2,1-3H3,(H,16,19). The molecule has 0 bridgehead atoms. The molecule has 1 aromatic rings. The molecule has 0 fully saturated rings. The molecule has 0 aromatic heterocycles. The lowest BCUT2D eigenvalue weighted by molar-refractivity contribution is 0.145. The van der Waals surface area contributed by atoms with Crippen LogP contribution in [0.15, 0.2) is 24.3 Å². The van der Waals surface area contributed by atoms with Gasteiger partial charge in [0, 0.05) is 33.4 Å². The first-order valence-electron chi connectivity index (χ1n) is 6.75. The molecule has 0 radical (unpaired) electrons. The minimum atomic E-state index is 0.776. The van der Waals surface area contributed by atoms with Crippen LogP contribution >= 0.6 is 12.2 Å². The van der Waals surface area contributed by atoms with Gasteiger partial charge in [0.25, 0.3) is 0 Å². The maximum Gasteiger partial charge on any atom is 0.168 e. The number of hydrogen-bond donors (Lipinski definition) is 1. The van der Waals surface area contributed by atoms with Crippen LogP contribution in [0.4, 0.5) is 0 Å². The van der Waals surface area contributed by atoms with Crippen LogP contribution in [0.5, 0.6) is 0 Å². The molecule has 0 aliphatic rings. The molecule has 0 unspecified atom stereocenters. The molecule has 0 aliphatic heterocycles. The van der Waals surface area contributed by atoms with Crippen LogP contribution in [-0.4, -0.2) is 36.8 Å². The van der Waals surface area contributed by atoms with Crippen LogP contribution in [0.3, 0.4) is 0 Å². The van der Waals surface area contributed by atoms with Gasteiger partial charge in [-0.3, -0.25) is 0 Å². The van der Waals surface area contributed by atoms with Gasteiger partial charge >= 0.3 is 0 Å². The summed E-state index contributed by atoms with van der Waals surface area (Å²) in [6.45, 7) is 7.35. The Hall–Kier alpha value is -1.13. The first-order valence-corrected chi connectivity index (χ1v) is 7.16. The Morgan fingerprint density at radius 2 is 2.00 bits per heavy atom. The fraction of sp³-hybridized carbons (Fsp3) is 0.533. The number of nitrogens with one attached hydrogen (secondary N) is 1. The highest BCUT2D eigenvalue weighted by atomic mass is 32.1. The van der Waals surface area contributed by atoms with Gasteiger partial charge in [0.05, 0.1) is 0 Å². The normalized spacial score (nSPS) is 10.3. The van der Waals surface area contributed by atoms with Gasteiger partial charge in [-0.2, -0.15) is 0 Å². The maximum atomic E-state index is 5.35. The van der Waals surface area contributed by atoms with Crippen molar-refractivity contribution in [3.05, 3.63) is 35.4 Å². The zero-order valence-electron chi connectivity index (χ0n) is 12.1. The van der Waals surface area contributed by atoms with E-state index in [1.54, 1.807) is 0 Å². The van der Waals surface area contributed by atoms with Crippen molar-refractivity contribution in [2.75, 3.05) is 26.8 Å². The lowest BCUT2D eigenvalue weighted by Gasteiger charge is -2.21. The summed E-state index contributed by atoms with van der Waals surface area (Å²) in [4.78, 5) is 2.06. The first-order chi connectivity index (χ1) is 9.13. The third kappa shape index (κ3) is 6.55. The van der Waals surface area contributed by atoms with Crippen molar-refractivity contribution in [3.8, 4) is 0 Å². The summed E-state index contributed by atoms with van der Waals surface area (Å²) in [6, 6.07) is 8.54. The quantitative estimate of drug-likeness (QED) is 0.613. The maximum absolute atomic E-state index is 5.35. The zero-order chi connectivity index (χ0) is 14.1. The minimum Gasteiger partial charge on any atom is -0.382 e. The van der Waals surface area contributed by atoms with Crippen molar-refractivity contribution < 1.29 is 4.74 Å². The van der Waals surface area contributed by atoms with Gasteiger partial charge in [0.15, 0.2) is 5.11 Å². The Balaban J connectivity index is 2.26. The van der Waals surface area contributed by atoms with Gasteiger partial charge in [-0.25, -0.2) is 0 Å². The van der Waals surface area contributed by atoms with Gasteiger partial charge in [-0.15, -0.1) is 0 Å². The molecule has 19 heavy (non-hydrogen) atoms. The van der Waals surface area contributed by atoms with Crippen molar-refractivity contribution in [2.45, 2.75) is 26.8 Å². The predicted molar refractivity (Wildman–Crippen MR) is 84.4 cm³/mol. The summed E-state index contributed by atoms with van der Waals surface area (Å²) in [7, 11) is 2.01. The minimum absolute atomic E-state index is 0.776. The molecule has 0 saturated heterocycles. The Bertz CT molecular complexity index is 378. The third-order valence-electron chi connectivity index (χ3n) is 2.83. The molecule has 0 saturated carbocycles. The number of benzene rings is 1. The van der Waals surface area contributed by atoms with Gasteiger partial charge in [-0.1, -0.05) is 29.8 Å². The van der Waals surface area contributed by atoms with Crippen LogP contribution in [0.1, 0.15) is 24.5 Å². The molecule has 1 aromatic carbocycles. The molecule has 0 spiro atoms. The number of ether oxygens (including phenoxy) is 1. The van der Waals surface area contributed by atoms with Crippen LogP contribution in [-0.2, 0) is 11.3 Å². The lowest BCUT2D eigenvalue weighted by Crippen LogP contribution is -2.37. The number of rotatable bonds is 7. The molecular weight excluding hydrogens is 256 g/mol. The van der Waals surface area contributed by atoms with Crippen molar-refractivity contribution in [3.63, 3.8) is 0 Å². The molecule has 0 atom stereocenters. The fourth-order valence-corrected chi connectivity index (χ4v) is 1.85. The van der Waals surface area contributed by atoms with Crippen molar-refractivity contribution >= 4 is 17.3 Å². The van der Waals surface area contributed by atoms with Gasteiger partial charge in [-0.05, 0) is 38.0 Å². The highest BCUT2D eigenvalue weighted by molar-refractivity contribution is 7.80. The van der Waals surface area contributed by atoms with E-state index in [-0.39, 0.29) is 0 Å². The average Bonchev–Trinajstić information content (AvgIpc) is 2.41. The van der Waals surface area contributed by atoms with Crippen molar-refractivity contribution in [1.82, 2.24) is 10.2 Å². The molecule has 4 heteroatoms. The molecule has 106 valence electrons. The van der Waals surface area contributed by atoms with Crippen molar-refractivity contribution in [2.24, 2.45) is 0 Å². The first kappa shape index (κ1) is 15.9. The summed E-state index contributed by atoms with van der Waals surface area (Å²) in [6.07, 6.45) is 0.979. The Labute approximate surface area is 121 Å². The summed E-state index contributed by atoms with van der Waals surface area (Å²) >= 11 is 5.35. The van der Waals surface area contributed by atoms with E-state index in [4.69, 9.17) is 17.0 Å². The predicted octanol–water partition coefficient (Wildman–Crippen LogP) is 2.73. The third-order valence-corrected chi connectivity index (χ3v) is 3.29. The highest BCUT2D eigenvalue weighted by Crippen LogP contribution is 2.05. The number of aryl methyl sites for hydroxylation is 1. The molecule has 0 aliphatic carbocycles. The van der Waals surface area contributed by atoms with E-state index in [0.717, 1.165) is 37.8 Å². The van der Waals surface area contributed by atoms with Crippen molar-refractivity contribution in [1.29, 1.82) is 0 Å². The van der Waals surface area contributed by atoms with E-state index in [0.29, 0.717) is 0 Å². The second-order valence-corrected chi connectivity index (χ2v) is 5.01. The average molecular weight is 280 g/mol. The van der Waals surface area contributed by atoms with Gasteiger partial charge < -0.3 is 15.0 Å². The number of thiocarbonyl (C=S) groups is 1. The van der Waals surface area contributed by atoms with Crippen LogP contribution in [0, 0.1) is 6.92 Å². The lowest BCUT2D eigenvalue weighted by atomic mass is 10.1. The summed E-state index contributed by atoms with van der Waals surface area (Å²) in [5, 5.41) is 4.04. The van der Waals surface area contributed by atoms with E-state index in [9.17, 15) is 0 Å². The van der Waals surface area contributed by atoms with Crippen LogP contribution in [0.25, 0.3) is 0 Å². The van der Waals surface area contributed by atoms with Gasteiger partial charge in [0.2, 0.25) is 0 Å². The molecule has 3 nitrogen and oxygen atoms in total. The molecule has 0 amide bonds. The Kier molecular flexibility index (Phi) is 7.45. The number of nitrogens with zero attached hydrogens (tertiary/aromatic N) is 1. The topological polar surface area (TPSA) is 24.5 Å². The fourth-order valence-electron chi connectivity index (χ4n) is 1.69. The molecule has 0 heterocycles.